The van der Waals surface area contributed by atoms with E-state index in [-0.39, 0.29) is 0 Å². The Morgan fingerprint density at radius 3 is 1.21 bits per heavy atom. The number of fused-ring (bicyclic) bond motifs is 12. The minimum Gasteiger partial charge on any atom is -0.456 e. The van der Waals surface area contributed by atoms with Crippen LogP contribution in [0.15, 0.2) is 265 Å². The fourth-order valence-corrected chi connectivity index (χ4v) is 17.0. The van der Waals surface area contributed by atoms with Gasteiger partial charge in [-0.3, -0.25) is 0 Å². The lowest BCUT2D eigenvalue weighted by atomic mass is 10.1. The first-order valence-corrected chi connectivity index (χ1v) is 26.4. The quantitative estimate of drug-likeness (QED) is 0.116. The molecule has 0 atom stereocenters. The summed E-state index contributed by atoms with van der Waals surface area (Å²) in [6.45, 7) is 0. The topological polar surface area (TPSA) is 27.9 Å². The Morgan fingerprint density at radius 1 is 0.254 bits per heavy atom. The number of furan rings is 1. The number of hydrogen-bond donors (Lipinski definition) is 0. The van der Waals surface area contributed by atoms with Gasteiger partial charge in [0.2, 0.25) is 0 Å². The standard InChI is InChI=1S/C66H43N3OSi/c1-4-19-46(20-5-1)71(47-21-6-2-7-22-47,48-23-8-3-9-24-48)49-37-39-62-55(43-49)53-28-13-17-32-60(53)69(62)63-33-18-34-65-66(63)56-42-45(36-40-64(56)70-65)68-59-31-16-12-27-52(59)54-41-44(35-38-61(54)68)67-57-29-14-10-25-50(57)51-26-11-15-30-58(51)67/h1-43H. The number of aromatic nitrogens is 3. The molecule has 0 aliphatic heterocycles. The van der Waals surface area contributed by atoms with Crippen LogP contribution in [0.4, 0.5) is 0 Å². The van der Waals surface area contributed by atoms with Crippen LogP contribution in [-0.2, 0) is 0 Å². The smallest absolute Gasteiger partial charge is 0.179 e. The molecule has 0 aliphatic carbocycles. The third-order valence-corrected chi connectivity index (χ3v) is 20.0. The molecule has 332 valence electrons. The van der Waals surface area contributed by atoms with Gasteiger partial charge in [-0.05, 0) is 99.6 Å². The van der Waals surface area contributed by atoms with Gasteiger partial charge in [-0.15, -0.1) is 0 Å². The van der Waals surface area contributed by atoms with Crippen molar-refractivity contribution in [1.29, 1.82) is 0 Å². The number of hydrogen-bond acceptors (Lipinski definition) is 1. The van der Waals surface area contributed by atoms with Crippen molar-refractivity contribution in [3.05, 3.63) is 261 Å². The molecular weight excluding hydrogens is 879 g/mol. The first-order chi connectivity index (χ1) is 35.2. The zero-order chi connectivity index (χ0) is 46.6. The maximum Gasteiger partial charge on any atom is 0.179 e. The van der Waals surface area contributed by atoms with Crippen molar-refractivity contribution in [2.75, 3.05) is 0 Å². The zero-order valence-corrected chi connectivity index (χ0v) is 39.6. The van der Waals surface area contributed by atoms with Crippen molar-refractivity contribution in [1.82, 2.24) is 13.7 Å². The summed E-state index contributed by atoms with van der Waals surface area (Å²) in [5, 5.41) is 15.0. The Balaban J connectivity index is 0.941. The van der Waals surface area contributed by atoms with Crippen LogP contribution in [0.5, 0.6) is 0 Å². The van der Waals surface area contributed by atoms with Crippen molar-refractivity contribution in [3.63, 3.8) is 0 Å². The van der Waals surface area contributed by atoms with Gasteiger partial charge in [0.05, 0.1) is 44.2 Å². The van der Waals surface area contributed by atoms with Crippen LogP contribution in [0.3, 0.4) is 0 Å². The third-order valence-electron chi connectivity index (χ3n) is 15.2. The summed E-state index contributed by atoms with van der Waals surface area (Å²) in [6, 6.07) is 96.2. The van der Waals surface area contributed by atoms with Crippen molar-refractivity contribution in [2.45, 2.75) is 0 Å². The van der Waals surface area contributed by atoms with Gasteiger partial charge in [0.1, 0.15) is 11.2 Å². The van der Waals surface area contributed by atoms with Crippen molar-refractivity contribution in [2.24, 2.45) is 0 Å². The highest BCUT2D eigenvalue weighted by Crippen LogP contribution is 2.41. The van der Waals surface area contributed by atoms with Crippen LogP contribution in [0.25, 0.3) is 104 Å². The first-order valence-electron chi connectivity index (χ1n) is 24.4. The molecule has 0 aliphatic rings. The largest absolute Gasteiger partial charge is 0.456 e. The molecule has 0 radical (unpaired) electrons. The molecule has 15 aromatic rings. The minimum absolute atomic E-state index is 0.859. The molecule has 11 aromatic carbocycles. The van der Waals surface area contributed by atoms with E-state index in [9.17, 15) is 0 Å². The molecule has 0 saturated carbocycles. The van der Waals surface area contributed by atoms with Gasteiger partial charge in [0.25, 0.3) is 0 Å². The van der Waals surface area contributed by atoms with Crippen molar-refractivity contribution in [3.8, 4) is 17.1 Å². The summed E-state index contributed by atoms with van der Waals surface area (Å²) in [7, 11) is -2.78. The maximum absolute atomic E-state index is 6.78. The fourth-order valence-electron chi connectivity index (χ4n) is 12.2. The lowest BCUT2D eigenvalue weighted by Crippen LogP contribution is -2.74. The number of rotatable bonds is 7. The zero-order valence-electron chi connectivity index (χ0n) is 38.6. The molecule has 0 spiro atoms. The molecule has 4 heterocycles. The summed E-state index contributed by atoms with van der Waals surface area (Å²) >= 11 is 0. The molecule has 5 heteroatoms. The predicted molar refractivity (Wildman–Crippen MR) is 300 cm³/mol. The van der Waals surface area contributed by atoms with E-state index in [1.54, 1.807) is 0 Å². The Morgan fingerprint density at radius 2 is 0.662 bits per heavy atom. The second-order valence-corrected chi connectivity index (χ2v) is 22.6. The molecule has 4 nitrogen and oxygen atoms in total. The summed E-state index contributed by atoms with van der Waals surface area (Å²) in [6.07, 6.45) is 0. The van der Waals surface area contributed by atoms with Crippen molar-refractivity contribution >= 4 is 116 Å². The van der Waals surface area contributed by atoms with Gasteiger partial charge in [-0.2, -0.15) is 0 Å². The Labute approximate surface area is 410 Å². The lowest BCUT2D eigenvalue weighted by molar-refractivity contribution is 0.669. The van der Waals surface area contributed by atoms with Crippen LogP contribution in [-0.4, -0.2) is 21.8 Å². The van der Waals surface area contributed by atoms with E-state index in [4.69, 9.17) is 4.42 Å². The second kappa shape index (κ2) is 15.4. The molecule has 15 rings (SSSR count). The number of nitrogens with zero attached hydrogens (tertiary/aromatic N) is 3. The van der Waals surface area contributed by atoms with E-state index in [0.29, 0.717) is 0 Å². The molecule has 0 amide bonds. The van der Waals surface area contributed by atoms with E-state index < -0.39 is 8.07 Å². The van der Waals surface area contributed by atoms with E-state index in [1.807, 2.05) is 0 Å². The molecule has 4 aromatic heterocycles. The SMILES string of the molecule is c1ccc([Si](c2ccccc2)(c2ccccc2)c2ccc3c(c2)c2ccccc2n3-c2cccc3oc4ccc(-n5c6ccccc6c6cc(-n7c8ccccc8c8ccccc87)ccc65)cc4c23)cc1. The van der Waals surface area contributed by atoms with E-state index in [0.717, 1.165) is 61.1 Å². The van der Waals surface area contributed by atoms with Gasteiger partial charge in [0.15, 0.2) is 8.07 Å². The summed E-state index contributed by atoms with van der Waals surface area (Å²) < 4.78 is 14.1. The minimum atomic E-state index is -2.78. The van der Waals surface area contributed by atoms with Crippen LogP contribution in [0.1, 0.15) is 0 Å². The molecule has 0 N–H and O–H groups in total. The van der Waals surface area contributed by atoms with Gasteiger partial charge in [-0.25, -0.2) is 0 Å². The van der Waals surface area contributed by atoms with Crippen LogP contribution in [0.2, 0.25) is 0 Å². The molecule has 71 heavy (non-hydrogen) atoms. The molecule has 0 bridgehead atoms. The van der Waals surface area contributed by atoms with E-state index in [1.165, 1.54) is 64.1 Å². The normalized spacial score (nSPS) is 12.2. The monoisotopic (exact) mass is 921 g/mol. The highest BCUT2D eigenvalue weighted by Gasteiger charge is 2.41. The molecule has 0 fully saturated rings. The first kappa shape index (κ1) is 39.8. The van der Waals surface area contributed by atoms with Crippen molar-refractivity contribution < 1.29 is 4.42 Å². The fraction of sp³-hybridized carbons (Fsp3) is 0. The van der Waals surface area contributed by atoms with E-state index in [2.05, 4.69) is 275 Å². The van der Waals surface area contributed by atoms with E-state index >= 15 is 0 Å². The van der Waals surface area contributed by atoms with Gasteiger partial charge >= 0.3 is 0 Å². The lowest BCUT2D eigenvalue weighted by Gasteiger charge is -2.34. The van der Waals surface area contributed by atoms with Crippen LogP contribution in [0, 0.1) is 0 Å². The predicted octanol–water partition coefficient (Wildman–Crippen LogP) is 14.3. The Bertz CT molecular complexity index is 4430. The molecule has 0 saturated heterocycles. The average Bonchev–Trinajstić information content (AvgIpc) is 4.18. The number of para-hydroxylation sites is 4. The molecular formula is C66H43N3OSi. The maximum atomic E-state index is 6.78. The van der Waals surface area contributed by atoms with Crippen LogP contribution >= 0.6 is 0 Å². The summed E-state index contributed by atoms with van der Waals surface area (Å²) in [5.41, 5.74) is 12.1. The second-order valence-electron chi connectivity index (χ2n) is 18.8. The van der Waals surface area contributed by atoms with Gasteiger partial charge < -0.3 is 18.1 Å². The summed E-state index contributed by atoms with van der Waals surface area (Å²) in [5.74, 6) is 0. The van der Waals surface area contributed by atoms with Crippen LogP contribution < -0.4 is 20.7 Å². The number of benzene rings is 11. The summed E-state index contributed by atoms with van der Waals surface area (Å²) in [4.78, 5) is 0. The van der Waals surface area contributed by atoms with Gasteiger partial charge in [0, 0.05) is 49.1 Å². The third kappa shape index (κ3) is 5.72. The Kier molecular flexibility index (Phi) is 8.64. The Hall–Kier alpha value is -9.16. The highest BCUT2D eigenvalue weighted by atomic mass is 28.3. The average molecular weight is 922 g/mol. The highest BCUT2D eigenvalue weighted by molar-refractivity contribution is 7.20. The molecule has 0 unspecified atom stereocenters. The van der Waals surface area contributed by atoms with Gasteiger partial charge in [-0.1, -0.05) is 182 Å².